The topological polar surface area (TPSA) is 42.2 Å². The van der Waals surface area contributed by atoms with Gasteiger partial charge in [0.2, 0.25) is 0 Å². The molecule has 0 fully saturated rings. The quantitative estimate of drug-likeness (QED) is 0.871. The van der Waals surface area contributed by atoms with Crippen LogP contribution in [0, 0.1) is 0 Å². The van der Waals surface area contributed by atoms with Gasteiger partial charge in [-0.25, -0.2) is 4.98 Å². The SMILES string of the molecule is CC(C)N1CCc2sc3nc(N)sc3c2C1.Cl.Cl. The van der Waals surface area contributed by atoms with E-state index < -0.39 is 0 Å². The number of fused-ring (bicyclic) bond motifs is 3. The van der Waals surface area contributed by atoms with Gasteiger partial charge < -0.3 is 5.73 Å². The van der Waals surface area contributed by atoms with Crippen molar-refractivity contribution in [3.63, 3.8) is 0 Å². The fraction of sp³-hybridized carbons (Fsp3) is 0.545. The summed E-state index contributed by atoms with van der Waals surface area (Å²) < 4.78 is 1.32. The lowest BCUT2D eigenvalue weighted by molar-refractivity contribution is 0.206. The first-order valence-electron chi connectivity index (χ1n) is 5.55. The highest BCUT2D eigenvalue weighted by molar-refractivity contribution is 7.29. The fourth-order valence-electron chi connectivity index (χ4n) is 2.22. The Bertz CT molecular complexity index is 536. The van der Waals surface area contributed by atoms with Gasteiger partial charge in [0.25, 0.3) is 0 Å². The third kappa shape index (κ3) is 2.60. The van der Waals surface area contributed by atoms with Crippen molar-refractivity contribution in [1.29, 1.82) is 0 Å². The van der Waals surface area contributed by atoms with Crippen molar-refractivity contribution in [1.82, 2.24) is 9.88 Å². The summed E-state index contributed by atoms with van der Waals surface area (Å²) >= 11 is 3.46. The molecular weight excluding hydrogens is 309 g/mol. The maximum Gasteiger partial charge on any atom is 0.181 e. The first kappa shape index (κ1) is 16.0. The van der Waals surface area contributed by atoms with E-state index >= 15 is 0 Å². The van der Waals surface area contributed by atoms with Crippen LogP contribution in [0.25, 0.3) is 9.53 Å². The number of anilines is 1. The highest BCUT2D eigenvalue weighted by Gasteiger charge is 2.24. The Morgan fingerprint density at radius 1 is 1.28 bits per heavy atom. The molecule has 0 unspecified atom stereocenters. The summed E-state index contributed by atoms with van der Waals surface area (Å²) in [5.41, 5.74) is 7.24. The van der Waals surface area contributed by atoms with E-state index in [1.807, 2.05) is 11.3 Å². The summed E-state index contributed by atoms with van der Waals surface area (Å²) in [6.45, 7) is 6.76. The Morgan fingerprint density at radius 3 is 2.67 bits per heavy atom. The third-order valence-electron chi connectivity index (χ3n) is 3.16. The van der Waals surface area contributed by atoms with Crippen LogP contribution in [0.5, 0.6) is 0 Å². The standard InChI is InChI=1S/C11H15N3S2.2ClH/c1-6(2)14-4-3-8-7(5-14)9-10(15-8)13-11(12)16-9;;/h6H,3-5H2,1-2H3,(H2,12,13);2*1H. The number of hydrogen-bond acceptors (Lipinski definition) is 5. The molecule has 2 aromatic heterocycles. The van der Waals surface area contributed by atoms with Crippen LogP contribution in [0.1, 0.15) is 24.3 Å². The Balaban J connectivity index is 0.000000810. The molecule has 1 aliphatic heterocycles. The summed E-state index contributed by atoms with van der Waals surface area (Å²) in [7, 11) is 0. The van der Waals surface area contributed by atoms with E-state index in [1.165, 1.54) is 28.1 Å². The first-order valence-corrected chi connectivity index (χ1v) is 7.19. The zero-order valence-electron chi connectivity index (χ0n) is 10.3. The molecule has 2 aromatic rings. The van der Waals surface area contributed by atoms with E-state index in [0.29, 0.717) is 11.2 Å². The first-order chi connectivity index (χ1) is 7.65. The summed E-state index contributed by atoms with van der Waals surface area (Å²) in [5.74, 6) is 0. The minimum atomic E-state index is 0. The maximum absolute atomic E-state index is 5.76. The molecule has 2 N–H and O–H groups in total. The van der Waals surface area contributed by atoms with Crippen molar-refractivity contribution < 1.29 is 0 Å². The number of aromatic nitrogens is 1. The van der Waals surface area contributed by atoms with Crippen molar-refractivity contribution in [2.75, 3.05) is 12.3 Å². The molecule has 3 rings (SSSR count). The Morgan fingerprint density at radius 2 is 2.00 bits per heavy atom. The van der Waals surface area contributed by atoms with Crippen LogP contribution in [-0.4, -0.2) is 22.5 Å². The number of rotatable bonds is 1. The Kier molecular flexibility index (Phi) is 5.26. The number of nitrogen functional groups attached to an aromatic ring is 1. The van der Waals surface area contributed by atoms with Crippen LogP contribution in [0.15, 0.2) is 0 Å². The molecule has 18 heavy (non-hydrogen) atoms. The van der Waals surface area contributed by atoms with E-state index in [0.717, 1.165) is 11.4 Å². The normalized spacial score (nSPS) is 15.3. The minimum absolute atomic E-state index is 0. The van der Waals surface area contributed by atoms with E-state index in [1.54, 1.807) is 11.3 Å². The molecule has 3 heterocycles. The molecule has 102 valence electrons. The van der Waals surface area contributed by atoms with Gasteiger partial charge in [0.1, 0.15) is 4.83 Å². The summed E-state index contributed by atoms with van der Waals surface area (Å²) in [4.78, 5) is 9.56. The molecule has 0 radical (unpaired) electrons. The van der Waals surface area contributed by atoms with Gasteiger partial charge in [-0.05, 0) is 25.8 Å². The van der Waals surface area contributed by atoms with Gasteiger partial charge in [0, 0.05) is 24.0 Å². The van der Waals surface area contributed by atoms with Crippen LogP contribution in [0.4, 0.5) is 5.13 Å². The molecule has 0 saturated heterocycles. The van der Waals surface area contributed by atoms with Crippen molar-refractivity contribution in [3.05, 3.63) is 10.4 Å². The van der Waals surface area contributed by atoms with Gasteiger partial charge in [-0.2, -0.15) is 0 Å². The van der Waals surface area contributed by atoms with Gasteiger partial charge in [0.05, 0.1) is 4.70 Å². The Labute approximate surface area is 127 Å². The lowest BCUT2D eigenvalue weighted by Crippen LogP contribution is -2.35. The largest absolute Gasteiger partial charge is 0.375 e. The molecule has 0 saturated carbocycles. The summed E-state index contributed by atoms with van der Waals surface area (Å²) in [6.07, 6.45) is 1.17. The molecule has 7 heteroatoms. The van der Waals surface area contributed by atoms with Crippen molar-refractivity contribution in [2.24, 2.45) is 0 Å². The van der Waals surface area contributed by atoms with Crippen molar-refractivity contribution in [2.45, 2.75) is 32.9 Å². The monoisotopic (exact) mass is 325 g/mol. The second-order valence-electron chi connectivity index (χ2n) is 4.50. The number of hydrogen-bond donors (Lipinski definition) is 1. The highest BCUT2D eigenvalue weighted by atomic mass is 35.5. The highest BCUT2D eigenvalue weighted by Crippen LogP contribution is 2.39. The van der Waals surface area contributed by atoms with E-state index in [2.05, 4.69) is 23.7 Å². The fourth-order valence-corrected chi connectivity index (χ4v) is 4.46. The lowest BCUT2D eigenvalue weighted by Gasteiger charge is -2.30. The summed E-state index contributed by atoms with van der Waals surface area (Å²) in [6, 6.07) is 0.619. The van der Waals surface area contributed by atoms with Crippen LogP contribution in [-0.2, 0) is 13.0 Å². The number of nitrogens with two attached hydrogens (primary N) is 1. The van der Waals surface area contributed by atoms with Gasteiger partial charge >= 0.3 is 0 Å². The lowest BCUT2D eigenvalue weighted by atomic mass is 10.1. The molecule has 0 amide bonds. The van der Waals surface area contributed by atoms with Crippen molar-refractivity contribution >= 4 is 62.1 Å². The van der Waals surface area contributed by atoms with Crippen LogP contribution in [0.3, 0.4) is 0 Å². The van der Waals surface area contributed by atoms with Crippen LogP contribution >= 0.6 is 47.5 Å². The zero-order chi connectivity index (χ0) is 11.3. The number of nitrogens with zero attached hydrogens (tertiary/aromatic N) is 2. The molecule has 1 aliphatic rings. The Hall–Kier alpha value is -0.0700. The van der Waals surface area contributed by atoms with Crippen molar-refractivity contribution in [3.8, 4) is 0 Å². The van der Waals surface area contributed by atoms with E-state index in [-0.39, 0.29) is 24.8 Å². The smallest absolute Gasteiger partial charge is 0.181 e. The average molecular weight is 326 g/mol. The third-order valence-corrected chi connectivity index (χ3v) is 5.42. The zero-order valence-corrected chi connectivity index (χ0v) is 13.6. The van der Waals surface area contributed by atoms with Crippen LogP contribution in [0.2, 0.25) is 0 Å². The molecule has 0 aliphatic carbocycles. The second-order valence-corrected chi connectivity index (χ2v) is 6.62. The molecule has 0 spiro atoms. The molecule has 0 aromatic carbocycles. The minimum Gasteiger partial charge on any atom is -0.375 e. The number of thiophene rings is 1. The molecular formula is C11H17Cl2N3S2. The molecule has 0 bridgehead atoms. The van der Waals surface area contributed by atoms with Gasteiger partial charge in [-0.3, -0.25) is 4.90 Å². The predicted octanol–water partition coefficient (Wildman–Crippen LogP) is 3.55. The van der Waals surface area contributed by atoms with Gasteiger partial charge in [0.15, 0.2) is 5.13 Å². The van der Waals surface area contributed by atoms with Gasteiger partial charge in [-0.1, -0.05) is 11.3 Å². The molecule has 0 atom stereocenters. The number of thiazole rings is 1. The maximum atomic E-state index is 5.76. The predicted molar refractivity (Wildman–Crippen MR) is 85.7 cm³/mol. The number of halogens is 2. The van der Waals surface area contributed by atoms with E-state index in [4.69, 9.17) is 5.73 Å². The van der Waals surface area contributed by atoms with E-state index in [9.17, 15) is 0 Å². The van der Waals surface area contributed by atoms with Gasteiger partial charge in [-0.15, -0.1) is 36.2 Å². The summed E-state index contributed by atoms with van der Waals surface area (Å²) in [5, 5.41) is 0.700. The van der Waals surface area contributed by atoms with Crippen LogP contribution < -0.4 is 5.73 Å². The molecule has 3 nitrogen and oxygen atoms in total. The second kappa shape index (κ2) is 5.92. The average Bonchev–Trinajstić information content (AvgIpc) is 2.72.